The Morgan fingerprint density at radius 3 is 2.38 bits per heavy atom. The first-order chi connectivity index (χ1) is 5.87. The second-order valence-corrected chi connectivity index (χ2v) is 4.07. The van der Waals surface area contributed by atoms with E-state index in [2.05, 4.69) is 5.32 Å². The SMILES string of the molecule is CCCC(=O)NC1(C)CC(F)(F)C1. The highest BCUT2D eigenvalue weighted by Gasteiger charge is 2.54. The van der Waals surface area contributed by atoms with Gasteiger partial charge >= 0.3 is 0 Å². The summed E-state index contributed by atoms with van der Waals surface area (Å²) in [5.74, 6) is -2.70. The molecule has 1 N–H and O–H groups in total. The van der Waals surface area contributed by atoms with Gasteiger partial charge in [-0.05, 0) is 13.3 Å². The van der Waals surface area contributed by atoms with Crippen molar-refractivity contribution < 1.29 is 13.6 Å². The molecule has 1 amide bonds. The molecule has 13 heavy (non-hydrogen) atoms. The molecule has 1 aliphatic rings. The molecule has 0 aromatic rings. The maximum Gasteiger partial charge on any atom is 0.252 e. The Morgan fingerprint density at radius 1 is 1.46 bits per heavy atom. The molecule has 0 bridgehead atoms. The molecule has 0 aromatic carbocycles. The van der Waals surface area contributed by atoms with Crippen molar-refractivity contribution in [3.05, 3.63) is 0 Å². The smallest absolute Gasteiger partial charge is 0.252 e. The fourth-order valence-corrected chi connectivity index (χ4v) is 1.80. The number of alkyl halides is 2. The van der Waals surface area contributed by atoms with Crippen LogP contribution in [0.4, 0.5) is 8.78 Å². The first kappa shape index (κ1) is 10.4. The quantitative estimate of drug-likeness (QED) is 0.727. The van der Waals surface area contributed by atoms with Gasteiger partial charge in [0.15, 0.2) is 0 Å². The predicted octanol–water partition coefficient (Wildman–Crippen LogP) is 2.09. The van der Waals surface area contributed by atoms with Crippen molar-refractivity contribution in [1.29, 1.82) is 0 Å². The third kappa shape index (κ3) is 2.64. The molecule has 0 saturated heterocycles. The van der Waals surface area contributed by atoms with Crippen LogP contribution in [0.3, 0.4) is 0 Å². The highest BCUT2D eigenvalue weighted by molar-refractivity contribution is 5.76. The summed E-state index contributed by atoms with van der Waals surface area (Å²) in [6.45, 7) is 3.55. The van der Waals surface area contributed by atoms with E-state index in [0.717, 1.165) is 6.42 Å². The Hall–Kier alpha value is -0.670. The van der Waals surface area contributed by atoms with Crippen LogP contribution >= 0.6 is 0 Å². The molecular weight excluding hydrogens is 176 g/mol. The third-order valence-electron chi connectivity index (χ3n) is 2.22. The van der Waals surface area contributed by atoms with Gasteiger partial charge in [-0.2, -0.15) is 0 Å². The average Bonchev–Trinajstić information content (AvgIpc) is 1.80. The lowest BCUT2D eigenvalue weighted by Crippen LogP contribution is -2.60. The van der Waals surface area contributed by atoms with E-state index in [0.29, 0.717) is 6.42 Å². The molecule has 0 aromatic heterocycles. The van der Waals surface area contributed by atoms with Crippen molar-refractivity contribution in [3.63, 3.8) is 0 Å². The van der Waals surface area contributed by atoms with E-state index in [1.54, 1.807) is 6.92 Å². The van der Waals surface area contributed by atoms with Crippen molar-refractivity contribution in [3.8, 4) is 0 Å². The van der Waals surface area contributed by atoms with Crippen LogP contribution in [0.2, 0.25) is 0 Å². The summed E-state index contributed by atoms with van der Waals surface area (Å²) >= 11 is 0. The molecular formula is C9H15F2NO. The molecule has 0 unspecified atom stereocenters. The zero-order valence-electron chi connectivity index (χ0n) is 7.99. The fraction of sp³-hybridized carbons (Fsp3) is 0.889. The van der Waals surface area contributed by atoms with Gasteiger partial charge in [-0.3, -0.25) is 4.79 Å². The zero-order valence-corrected chi connectivity index (χ0v) is 7.99. The van der Waals surface area contributed by atoms with E-state index in [9.17, 15) is 13.6 Å². The summed E-state index contributed by atoms with van der Waals surface area (Å²) in [5.41, 5.74) is -0.671. The van der Waals surface area contributed by atoms with Crippen molar-refractivity contribution in [2.75, 3.05) is 0 Å². The van der Waals surface area contributed by atoms with Gasteiger partial charge in [0.05, 0.1) is 0 Å². The highest BCUT2D eigenvalue weighted by atomic mass is 19.3. The molecule has 0 aliphatic heterocycles. The van der Waals surface area contributed by atoms with Crippen LogP contribution in [-0.2, 0) is 4.79 Å². The molecule has 1 fully saturated rings. The van der Waals surface area contributed by atoms with E-state index >= 15 is 0 Å². The summed E-state index contributed by atoms with van der Waals surface area (Å²) in [4.78, 5) is 11.1. The standard InChI is InChI=1S/C9H15F2NO/c1-3-4-7(13)12-8(2)5-9(10,11)6-8/h3-6H2,1-2H3,(H,12,13). The number of hydrogen-bond donors (Lipinski definition) is 1. The lowest BCUT2D eigenvalue weighted by molar-refractivity contribution is -0.143. The Balaban J connectivity index is 2.34. The summed E-state index contributed by atoms with van der Waals surface area (Å²) < 4.78 is 25.0. The molecule has 0 spiro atoms. The van der Waals surface area contributed by atoms with Gasteiger partial charge in [-0.25, -0.2) is 8.78 Å². The molecule has 1 rings (SSSR count). The minimum Gasteiger partial charge on any atom is -0.350 e. The summed E-state index contributed by atoms with van der Waals surface area (Å²) in [6.07, 6.45) is 0.713. The average molecular weight is 191 g/mol. The first-order valence-corrected chi connectivity index (χ1v) is 4.56. The largest absolute Gasteiger partial charge is 0.350 e. The maximum atomic E-state index is 12.5. The maximum absolute atomic E-state index is 12.5. The van der Waals surface area contributed by atoms with Crippen LogP contribution in [0.25, 0.3) is 0 Å². The normalized spacial score (nSPS) is 23.4. The van der Waals surface area contributed by atoms with Gasteiger partial charge in [0, 0.05) is 24.8 Å². The van der Waals surface area contributed by atoms with Gasteiger partial charge in [0.2, 0.25) is 5.91 Å². The molecule has 4 heteroatoms. The van der Waals surface area contributed by atoms with Crippen molar-refractivity contribution in [2.24, 2.45) is 0 Å². The molecule has 1 saturated carbocycles. The Morgan fingerprint density at radius 2 is 2.00 bits per heavy atom. The Labute approximate surface area is 76.7 Å². The lowest BCUT2D eigenvalue weighted by Gasteiger charge is -2.45. The molecule has 0 radical (unpaired) electrons. The van der Waals surface area contributed by atoms with Gasteiger partial charge < -0.3 is 5.32 Å². The van der Waals surface area contributed by atoms with Crippen LogP contribution in [0.1, 0.15) is 39.5 Å². The Bertz CT molecular complexity index is 208. The number of carbonyl (C=O) groups excluding carboxylic acids is 1. The van der Waals surface area contributed by atoms with Crippen LogP contribution in [0.5, 0.6) is 0 Å². The predicted molar refractivity (Wildman–Crippen MR) is 45.6 cm³/mol. The summed E-state index contributed by atoms with van der Waals surface area (Å²) in [5, 5.41) is 2.63. The van der Waals surface area contributed by atoms with Gasteiger partial charge in [0.25, 0.3) is 5.92 Å². The fourth-order valence-electron chi connectivity index (χ4n) is 1.80. The lowest BCUT2D eigenvalue weighted by atomic mass is 9.75. The minimum absolute atomic E-state index is 0.125. The van der Waals surface area contributed by atoms with Crippen LogP contribution < -0.4 is 5.32 Å². The first-order valence-electron chi connectivity index (χ1n) is 4.56. The number of halogens is 2. The molecule has 2 nitrogen and oxygen atoms in total. The van der Waals surface area contributed by atoms with E-state index in [1.165, 1.54) is 0 Å². The number of carbonyl (C=O) groups is 1. The van der Waals surface area contributed by atoms with Crippen LogP contribution in [0, 0.1) is 0 Å². The summed E-state index contributed by atoms with van der Waals surface area (Å²) in [6, 6.07) is 0. The Kier molecular flexibility index (Phi) is 2.59. The minimum atomic E-state index is -2.58. The molecule has 1 aliphatic carbocycles. The van der Waals surface area contributed by atoms with E-state index in [4.69, 9.17) is 0 Å². The van der Waals surface area contributed by atoms with E-state index < -0.39 is 11.5 Å². The van der Waals surface area contributed by atoms with Crippen LogP contribution in [-0.4, -0.2) is 17.4 Å². The number of hydrogen-bond acceptors (Lipinski definition) is 1. The van der Waals surface area contributed by atoms with Crippen molar-refractivity contribution >= 4 is 5.91 Å². The van der Waals surface area contributed by atoms with Crippen molar-refractivity contribution in [2.45, 2.75) is 51.0 Å². The van der Waals surface area contributed by atoms with E-state index in [1.807, 2.05) is 6.92 Å². The molecule has 0 heterocycles. The topological polar surface area (TPSA) is 29.1 Å². The van der Waals surface area contributed by atoms with E-state index in [-0.39, 0.29) is 18.7 Å². The number of rotatable bonds is 3. The van der Waals surface area contributed by atoms with Gasteiger partial charge in [-0.1, -0.05) is 6.92 Å². The molecule has 0 atom stereocenters. The second-order valence-electron chi connectivity index (χ2n) is 4.07. The van der Waals surface area contributed by atoms with Crippen LogP contribution in [0.15, 0.2) is 0 Å². The number of nitrogens with one attached hydrogen (secondary N) is 1. The monoisotopic (exact) mass is 191 g/mol. The third-order valence-corrected chi connectivity index (χ3v) is 2.22. The van der Waals surface area contributed by atoms with Gasteiger partial charge in [0.1, 0.15) is 0 Å². The number of amides is 1. The zero-order chi connectivity index (χ0) is 10.1. The molecule has 76 valence electrons. The second kappa shape index (κ2) is 3.24. The van der Waals surface area contributed by atoms with Crippen molar-refractivity contribution in [1.82, 2.24) is 5.32 Å². The summed E-state index contributed by atoms with van der Waals surface area (Å²) in [7, 11) is 0. The van der Waals surface area contributed by atoms with Gasteiger partial charge in [-0.15, -0.1) is 0 Å². The highest BCUT2D eigenvalue weighted by Crippen LogP contribution is 2.45.